The summed E-state index contributed by atoms with van der Waals surface area (Å²) < 4.78 is 27.8. The van der Waals surface area contributed by atoms with Gasteiger partial charge in [0, 0.05) is 59.7 Å². The van der Waals surface area contributed by atoms with Crippen LogP contribution in [0.5, 0.6) is 23.0 Å². The first-order chi connectivity index (χ1) is 14.7. The van der Waals surface area contributed by atoms with E-state index < -0.39 is 0 Å². The van der Waals surface area contributed by atoms with Gasteiger partial charge in [0.1, 0.15) is 11.5 Å². The fourth-order valence-electron chi connectivity index (χ4n) is 3.51. The average molecular weight is 410 g/mol. The molecule has 1 aromatic heterocycles. The number of hydrogen-bond acceptors (Lipinski definition) is 7. The zero-order valence-electron chi connectivity index (χ0n) is 17.4. The fourth-order valence-corrected chi connectivity index (χ4v) is 3.51. The van der Waals surface area contributed by atoms with E-state index in [4.69, 9.17) is 23.7 Å². The van der Waals surface area contributed by atoms with Crippen LogP contribution in [0.15, 0.2) is 42.6 Å². The molecule has 1 saturated heterocycles. The summed E-state index contributed by atoms with van der Waals surface area (Å²) in [6.07, 6.45) is 2.79. The lowest BCUT2D eigenvalue weighted by atomic mass is 10.1. The first kappa shape index (κ1) is 20.1. The van der Waals surface area contributed by atoms with Crippen molar-refractivity contribution in [1.29, 1.82) is 0 Å². The minimum atomic E-state index is 0.430. The van der Waals surface area contributed by atoms with Crippen LogP contribution in [0.25, 0.3) is 10.9 Å². The van der Waals surface area contributed by atoms with E-state index in [2.05, 4.69) is 10.3 Å². The molecule has 0 aliphatic carbocycles. The standard InChI is InChI=1S/C23H26N2O5/c1-26-17-8-16(9-18(10-17)30-14-15-5-7-29-13-15)25-20-4-6-24-21-12-23(28-3)22(27-2)11-19(20)21/h4,6,8-12,15H,5,7,13-14H2,1-3H3,(H,24,25). The van der Waals surface area contributed by atoms with E-state index >= 15 is 0 Å². The number of fused-ring (bicyclic) bond motifs is 1. The number of hydrogen-bond donors (Lipinski definition) is 1. The highest BCUT2D eigenvalue weighted by atomic mass is 16.5. The van der Waals surface area contributed by atoms with Crippen LogP contribution in [-0.2, 0) is 4.74 Å². The number of methoxy groups -OCH3 is 3. The summed E-state index contributed by atoms with van der Waals surface area (Å²) in [4.78, 5) is 4.46. The summed E-state index contributed by atoms with van der Waals surface area (Å²) in [5, 5.41) is 4.38. The molecule has 0 bridgehead atoms. The lowest BCUT2D eigenvalue weighted by Crippen LogP contribution is -2.11. The molecule has 1 unspecified atom stereocenters. The summed E-state index contributed by atoms with van der Waals surface area (Å²) >= 11 is 0. The number of ether oxygens (including phenoxy) is 5. The number of nitrogens with zero attached hydrogens (tertiary/aromatic N) is 1. The van der Waals surface area contributed by atoms with Crippen LogP contribution >= 0.6 is 0 Å². The quantitative estimate of drug-likeness (QED) is 0.589. The molecular formula is C23H26N2O5. The smallest absolute Gasteiger partial charge is 0.162 e. The van der Waals surface area contributed by atoms with Gasteiger partial charge in [0.25, 0.3) is 0 Å². The van der Waals surface area contributed by atoms with Gasteiger partial charge in [-0.1, -0.05) is 0 Å². The average Bonchev–Trinajstić information content (AvgIpc) is 3.30. The number of nitrogens with one attached hydrogen (secondary N) is 1. The molecular weight excluding hydrogens is 384 g/mol. The number of aromatic nitrogens is 1. The van der Waals surface area contributed by atoms with Crippen LogP contribution in [0.4, 0.5) is 11.4 Å². The second kappa shape index (κ2) is 9.09. The molecule has 2 heterocycles. The maximum Gasteiger partial charge on any atom is 0.162 e. The molecule has 1 atom stereocenters. The molecule has 0 amide bonds. The van der Waals surface area contributed by atoms with Crippen molar-refractivity contribution in [3.05, 3.63) is 42.6 Å². The molecule has 4 rings (SSSR count). The molecule has 0 spiro atoms. The minimum Gasteiger partial charge on any atom is -0.497 e. The summed E-state index contributed by atoms with van der Waals surface area (Å²) in [6, 6.07) is 11.5. The second-order valence-electron chi connectivity index (χ2n) is 7.15. The minimum absolute atomic E-state index is 0.430. The second-order valence-corrected chi connectivity index (χ2v) is 7.15. The first-order valence-corrected chi connectivity index (χ1v) is 9.87. The Morgan fingerprint density at radius 2 is 1.80 bits per heavy atom. The van der Waals surface area contributed by atoms with E-state index in [1.807, 2.05) is 36.4 Å². The molecule has 0 radical (unpaired) electrons. The van der Waals surface area contributed by atoms with Crippen molar-refractivity contribution in [2.45, 2.75) is 6.42 Å². The van der Waals surface area contributed by atoms with E-state index in [1.165, 1.54) is 0 Å². The van der Waals surface area contributed by atoms with Gasteiger partial charge in [-0.3, -0.25) is 4.98 Å². The summed E-state index contributed by atoms with van der Waals surface area (Å²) in [6.45, 7) is 2.19. The van der Waals surface area contributed by atoms with Crippen molar-refractivity contribution in [3.63, 3.8) is 0 Å². The van der Waals surface area contributed by atoms with E-state index in [-0.39, 0.29) is 0 Å². The van der Waals surface area contributed by atoms with Crippen LogP contribution in [-0.4, -0.2) is 46.1 Å². The molecule has 1 N–H and O–H groups in total. The lowest BCUT2D eigenvalue weighted by Gasteiger charge is -2.16. The van der Waals surface area contributed by atoms with Gasteiger partial charge in [-0.15, -0.1) is 0 Å². The Balaban J connectivity index is 1.62. The molecule has 7 nitrogen and oxygen atoms in total. The molecule has 3 aromatic rings. The van der Waals surface area contributed by atoms with Gasteiger partial charge in [-0.2, -0.15) is 0 Å². The van der Waals surface area contributed by atoms with Crippen molar-refractivity contribution in [2.75, 3.05) is 46.5 Å². The van der Waals surface area contributed by atoms with Crippen molar-refractivity contribution in [3.8, 4) is 23.0 Å². The van der Waals surface area contributed by atoms with Gasteiger partial charge < -0.3 is 29.0 Å². The Hall–Kier alpha value is -3.19. The van der Waals surface area contributed by atoms with Crippen LogP contribution in [0.2, 0.25) is 0 Å². The molecule has 30 heavy (non-hydrogen) atoms. The molecule has 2 aromatic carbocycles. The van der Waals surface area contributed by atoms with Crippen molar-refractivity contribution in [1.82, 2.24) is 4.98 Å². The maximum absolute atomic E-state index is 6.02. The van der Waals surface area contributed by atoms with Crippen molar-refractivity contribution >= 4 is 22.3 Å². The highest BCUT2D eigenvalue weighted by Crippen LogP contribution is 2.36. The van der Waals surface area contributed by atoms with Crippen molar-refractivity contribution in [2.24, 2.45) is 5.92 Å². The third-order valence-electron chi connectivity index (χ3n) is 5.15. The van der Waals surface area contributed by atoms with Crippen LogP contribution in [0.1, 0.15) is 6.42 Å². The Morgan fingerprint density at radius 1 is 1.00 bits per heavy atom. The number of pyridine rings is 1. The van der Waals surface area contributed by atoms with Gasteiger partial charge in [0.05, 0.1) is 40.1 Å². The monoisotopic (exact) mass is 410 g/mol. The van der Waals surface area contributed by atoms with Gasteiger partial charge in [0.15, 0.2) is 11.5 Å². The molecule has 1 fully saturated rings. The van der Waals surface area contributed by atoms with Gasteiger partial charge in [0.2, 0.25) is 0 Å². The Morgan fingerprint density at radius 3 is 2.53 bits per heavy atom. The SMILES string of the molecule is COc1cc(Nc2ccnc3cc(OC)c(OC)cc23)cc(OCC2CCOC2)c1. The topological polar surface area (TPSA) is 71.1 Å². The molecule has 7 heteroatoms. The fraction of sp³-hybridized carbons (Fsp3) is 0.348. The van der Waals surface area contributed by atoms with E-state index in [9.17, 15) is 0 Å². The predicted octanol–water partition coefficient (Wildman–Crippen LogP) is 4.42. The summed E-state index contributed by atoms with van der Waals surface area (Å²) in [7, 11) is 4.88. The summed E-state index contributed by atoms with van der Waals surface area (Å²) in [5.41, 5.74) is 2.55. The van der Waals surface area contributed by atoms with E-state index in [1.54, 1.807) is 27.5 Å². The molecule has 1 aliphatic rings. The normalized spacial score (nSPS) is 15.8. The van der Waals surface area contributed by atoms with Gasteiger partial charge in [-0.25, -0.2) is 0 Å². The Bertz CT molecular complexity index is 1020. The third-order valence-corrected chi connectivity index (χ3v) is 5.15. The highest BCUT2D eigenvalue weighted by molar-refractivity contribution is 5.95. The number of benzene rings is 2. The molecule has 0 saturated carbocycles. The highest BCUT2D eigenvalue weighted by Gasteiger charge is 2.17. The zero-order valence-corrected chi connectivity index (χ0v) is 17.4. The maximum atomic E-state index is 6.02. The van der Waals surface area contributed by atoms with E-state index in [0.29, 0.717) is 24.0 Å². The van der Waals surface area contributed by atoms with Crippen LogP contribution in [0, 0.1) is 5.92 Å². The van der Waals surface area contributed by atoms with Crippen LogP contribution in [0.3, 0.4) is 0 Å². The van der Waals surface area contributed by atoms with Crippen LogP contribution < -0.4 is 24.3 Å². The van der Waals surface area contributed by atoms with Gasteiger partial charge in [-0.05, 0) is 18.6 Å². The lowest BCUT2D eigenvalue weighted by molar-refractivity contribution is 0.167. The first-order valence-electron chi connectivity index (χ1n) is 9.87. The Kier molecular flexibility index (Phi) is 6.09. The van der Waals surface area contributed by atoms with Crippen molar-refractivity contribution < 1.29 is 23.7 Å². The predicted molar refractivity (Wildman–Crippen MR) is 116 cm³/mol. The zero-order chi connectivity index (χ0) is 20.9. The molecule has 1 aliphatic heterocycles. The third kappa shape index (κ3) is 4.36. The summed E-state index contributed by atoms with van der Waals surface area (Å²) in [5.74, 6) is 3.19. The largest absolute Gasteiger partial charge is 0.497 e. The molecule has 158 valence electrons. The number of anilines is 2. The van der Waals surface area contributed by atoms with E-state index in [0.717, 1.165) is 53.4 Å². The number of rotatable bonds is 8. The Labute approximate surface area is 175 Å². The van der Waals surface area contributed by atoms with Gasteiger partial charge >= 0.3 is 0 Å².